The fraction of sp³-hybridized carbons (Fsp3) is 0.647. The van der Waals surface area contributed by atoms with E-state index in [2.05, 4.69) is 10.2 Å². The Bertz CT molecular complexity index is 497. The van der Waals surface area contributed by atoms with Gasteiger partial charge in [-0.2, -0.15) is 0 Å². The quantitative estimate of drug-likeness (QED) is 0.829. The van der Waals surface area contributed by atoms with Crippen molar-refractivity contribution < 1.29 is 13.2 Å². The van der Waals surface area contributed by atoms with Crippen molar-refractivity contribution in [3.63, 3.8) is 0 Å². The zero-order valence-corrected chi connectivity index (χ0v) is 14.0. The molecule has 0 bridgehead atoms. The van der Waals surface area contributed by atoms with E-state index < -0.39 is 17.5 Å². The number of hydrogen-bond donors (Lipinski definition) is 1. The first-order valence-corrected chi connectivity index (χ1v) is 8.26. The summed E-state index contributed by atoms with van der Waals surface area (Å²) in [6.45, 7) is 3.35. The van der Waals surface area contributed by atoms with Crippen LogP contribution in [0.25, 0.3) is 0 Å². The van der Waals surface area contributed by atoms with Crippen LogP contribution in [0.5, 0.6) is 0 Å². The standard InChI is InChI=1S/C17H23F3N2.ClH/c18-14-11-16(20)15(19)10-13(14)17(12-4-2-1-3-5-12)22-8-6-21-7-9-22;/h10-12,17,21H,1-9H2;1H/t17-;/m0./s1. The molecule has 0 amide bonds. The molecule has 1 aliphatic heterocycles. The van der Waals surface area contributed by atoms with E-state index >= 15 is 0 Å². The largest absolute Gasteiger partial charge is 0.314 e. The van der Waals surface area contributed by atoms with E-state index in [0.717, 1.165) is 57.9 Å². The van der Waals surface area contributed by atoms with Crippen molar-refractivity contribution in [3.05, 3.63) is 35.1 Å². The highest BCUT2D eigenvalue weighted by atomic mass is 35.5. The molecule has 2 fully saturated rings. The topological polar surface area (TPSA) is 15.3 Å². The molecule has 0 radical (unpaired) electrons. The Kier molecular flexibility index (Phi) is 6.74. The molecule has 2 nitrogen and oxygen atoms in total. The smallest absolute Gasteiger partial charge is 0.161 e. The lowest BCUT2D eigenvalue weighted by molar-refractivity contribution is 0.100. The average molecular weight is 349 g/mol. The summed E-state index contributed by atoms with van der Waals surface area (Å²) in [6.07, 6.45) is 5.56. The Hall–Kier alpha value is -0.780. The van der Waals surface area contributed by atoms with E-state index in [9.17, 15) is 13.2 Å². The predicted molar refractivity (Wildman–Crippen MR) is 87.3 cm³/mol. The number of benzene rings is 1. The third kappa shape index (κ3) is 4.20. The van der Waals surface area contributed by atoms with Gasteiger partial charge < -0.3 is 5.32 Å². The number of nitrogens with zero attached hydrogens (tertiary/aromatic N) is 1. The molecule has 3 rings (SSSR count). The fourth-order valence-electron chi connectivity index (χ4n) is 3.92. The Morgan fingerprint density at radius 3 is 2.17 bits per heavy atom. The molecule has 1 saturated heterocycles. The number of nitrogens with one attached hydrogen (secondary N) is 1. The minimum atomic E-state index is -1.11. The maximum atomic E-state index is 14.3. The normalized spacial score (nSPS) is 21.7. The van der Waals surface area contributed by atoms with Crippen LogP contribution < -0.4 is 5.32 Å². The summed E-state index contributed by atoms with van der Waals surface area (Å²) in [5.41, 5.74) is 0.327. The van der Waals surface area contributed by atoms with Gasteiger partial charge in [0.05, 0.1) is 0 Å². The van der Waals surface area contributed by atoms with E-state index in [4.69, 9.17) is 0 Å². The summed E-state index contributed by atoms with van der Waals surface area (Å²) in [5.74, 6) is -2.35. The monoisotopic (exact) mass is 348 g/mol. The lowest BCUT2D eigenvalue weighted by Crippen LogP contribution is -2.47. The van der Waals surface area contributed by atoms with Gasteiger partial charge >= 0.3 is 0 Å². The van der Waals surface area contributed by atoms with Crippen molar-refractivity contribution in [3.8, 4) is 0 Å². The Balaban J connectivity index is 0.00000192. The summed E-state index contributed by atoms with van der Waals surface area (Å²) in [5, 5.41) is 3.29. The molecular weight excluding hydrogens is 325 g/mol. The second-order valence-electron chi connectivity index (χ2n) is 6.42. The summed E-state index contributed by atoms with van der Waals surface area (Å²) < 4.78 is 41.3. The van der Waals surface area contributed by atoms with Gasteiger partial charge in [0, 0.05) is 43.9 Å². The van der Waals surface area contributed by atoms with E-state index in [1.54, 1.807) is 0 Å². The molecule has 0 spiro atoms. The Morgan fingerprint density at radius 1 is 0.913 bits per heavy atom. The van der Waals surface area contributed by atoms with Gasteiger partial charge in [-0.1, -0.05) is 19.3 Å². The summed E-state index contributed by atoms with van der Waals surface area (Å²) in [6, 6.07) is 1.63. The highest BCUT2D eigenvalue weighted by Crippen LogP contribution is 2.39. The third-order valence-corrected chi connectivity index (χ3v) is 5.00. The molecule has 23 heavy (non-hydrogen) atoms. The van der Waals surface area contributed by atoms with E-state index in [1.165, 1.54) is 6.42 Å². The molecule has 6 heteroatoms. The highest BCUT2D eigenvalue weighted by Gasteiger charge is 2.33. The fourth-order valence-corrected chi connectivity index (χ4v) is 3.92. The number of halogens is 4. The van der Waals surface area contributed by atoms with Gasteiger partial charge in [0.2, 0.25) is 0 Å². The first-order valence-electron chi connectivity index (χ1n) is 8.26. The highest BCUT2D eigenvalue weighted by molar-refractivity contribution is 5.85. The predicted octanol–water partition coefficient (Wildman–Crippen LogP) is 4.05. The van der Waals surface area contributed by atoms with Crippen molar-refractivity contribution in [1.82, 2.24) is 10.2 Å². The average Bonchev–Trinajstić information content (AvgIpc) is 2.55. The van der Waals surface area contributed by atoms with Crippen LogP contribution in [0.3, 0.4) is 0 Å². The van der Waals surface area contributed by atoms with Crippen LogP contribution in [0.15, 0.2) is 12.1 Å². The van der Waals surface area contributed by atoms with E-state index in [1.807, 2.05) is 0 Å². The van der Waals surface area contributed by atoms with Gasteiger partial charge in [-0.05, 0) is 24.8 Å². The second-order valence-corrected chi connectivity index (χ2v) is 6.42. The summed E-state index contributed by atoms with van der Waals surface area (Å²) in [4.78, 5) is 2.24. The van der Waals surface area contributed by atoms with Crippen LogP contribution in [0.1, 0.15) is 43.7 Å². The second kappa shape index (κ2) is 8.36. The van der Waals surface area contributed by atoms with Crippen LogP contribution in [-0.2, 0) is 0 Å². The molecule has 0 aromatic heterocycles. The van der Waals surface area contributed by atoms with E-state index in [0.29, 0.717) is 17.5 Å². The summed E-state index contributed by atoms with van der Waals surface area (Å²) >= 11 is 0. The minimum absolute atomic E-state index is 0. The van der Waals surface area contributed by atoms with Crippen LogP contribution in [0.2, 0.25) is 0 Å². The number of hydrogen-bond acceptors (Lipinski definition) is 2. The molecule has 1 heterocycles. The zero-order valence-electron chi connectivity index (χ0n) is 13.2. The minimum Gasteiger partial charge on any atom is -0.314 e. The maximum absolute atomic E-state index is 14.3. The Morgan fingerprint density at radius 2 is 1.52 bits per heavy atom. The molecule has 1 atom stereocenters. The van der Waals surface area contributed by atoms with Crippen molar-refractivity contribution in [2.45, 2.75) is 38.1 Å². The van der Waals surface area contributed by atoms with Crippen molar-refractivity contribution in [1.29, 1.82) is 0 Å². The van der Waals surface area contributed by atoms with Gasteiger partial charge in [0.25, 0.3) is 0 Å². The van der Waals surface area contributed by atoms with E-state index in [-0.39, 0.29) is 18.4 Å². The van der Waals surface area contributed by atoms with Gasteiger partial charge in [-0.3, -0.25) is 4.90 Å². The lowest BCUT2D eigenvalue weighted by atomic mass is 9.80. The SMILES string of the molecule is Cl.Fc1cc(F)c([C@H](C2CCCCC2)N2CCNCC2)cc1F. The van der Waals surface area contributed by atoms with Crippen molar-refractivity contribution in [2.24, 2.45) is 5.92 Å². The molecule has 1 saturated carbocycles. The van der Waals surface area contributed by atoms with Crippen molar-refractivity contribution >= 4 is 12.4 Å². The molecule has 0 unspecified atom stereocenters. The molecular formula is C17H24ClF3N2. The summed E-state index contributed by atoms with van der Waals surface area (Å²) in [7, 11) is 0. The van der Waals surface area contributed by atoms with Gasteiger partial charge in [0.1, 0.15) is 5.82 Å². The first kappa shape index (κ1) is 18.6. The molecule has 130 valence electrons. The first-order chi connectivity index (χ1) is 10.7. The van der Waals surface area contributed by atoms with Gasteiger partial charge in [-0.15, -0.1) is 12.4 Å². The van der Waals surface area contributed by atoms with Gasteiger partial charge in [-0.25, -0.2) is 13.2 Å². The third-order valence-electron chi connectivity index (χ3n) is 5.00. The number of rotatable bonds is 3. The molecule has 2 aliphatic rings. The molecule has 1 aromatic carbocycles. The molecule has 1 aromatic rings. The van der Waals surface area contributed by atoms with Gasteiger partial charge in [0.15, 0.2) is 11.6 Å². The maximum Gasteiger partial charge on any atom is 0.161 e. The van der Waals surface area contributed by atoms with Crippen LogP contribution in [-0.4, -0.2) is 31.1 Å². The molecule has 1 aliphatic carbocycles. The van der Waals surface area contributed by atoms with Crippen LogP contribution in [0.4, 0.5) is 13.2 Å². The molecule has 1 N–H and O–H groups in total. The van der Waals surface area contributed by atoms with Crippen molar-refractivity contribution in [2.75, 3.05) is 26.2 Å². The Labute approximate surface area is 141 Å². The zero-order chi connectivity index (χ0) is 15.5. The van der Waals surface area contributed by atoms with Crippen LogP contribution in [0, 0.1) is 23.4 Å². The lowest BCUT2D eigenvalue weighted by Gasteiger charge is -2.41. The number of piperazine rings is 1. The van der Waals surface area contributed by atoms with Crippen LogP contribution >= 0.6 is 12.4 Å².